The topological polar surface area (TPSA) is 248 Å². The van der Waals surface area contributed by atoms with Crippen LogP contribution in [0.3, 0.4) is 0 Å². The number of aliphatic hydroxyl groups is 3. The second-order valence-corrected chi connectivity index (χ2v) is 24.2. The fraction of sp³-hybridized carbons (Fsp3) is 0.151. The Morgan fingerprint density at radius 1 is 0.402 bits per heavy atom. The highest BCUT2D eigenvalue weighted by atomic mass is 16.5. The maximum Gasteiger partial charge on any atom is 0.338 e. The van der Waals surface area contributed by atoms with Gasteiger partial charge in [-0.15, -0.1) is 0 Å². The number of nitrogens with zero attached hydrogens (tertiary/aromatic N) is 4. The van der Waals surface area contributed by atoms with Crippen LogP contribution in [0.15, 0.2) is 261 Å². The van der Waals surface area contributed by atoms with E-state index in [0.717, 1.165) is 84.3 Å². The van der Waals surface area contributed by atoms with Gasteiger partial charge in [-0.2, -0.15) is 0 Å². The van der Waals surface area contributed by atoms with Crippen LogP contribution < -0.4 is 5.32 Å². The Balaban J connectivity index is 0.000000160. The first-order valence-corrected chi connectivity index (χ1v) is 33.1. The molecule has 514 valence electrons. The van der Waals surface area contributed by atoms with Crippen molar-refractivity contribution in [1.29, 1.82) is 0 Å². The number of hydrogen-bond donors (Lipinski definition) is 5. The summed E-state index contributed by atoms with van der Waals surface area (Å²) >= 11 is 0. The second-order valence-electron chi connectivity index (χ2n) is 24.2. The Labute approximate surface area is 593 Å². The molecule has 4 heterocycles. The van der Waals surface area contributed by atoms with Gasteiger partial charge >= 0.3 is 17.9 Å². The van der Waals surface area contributed by atoms with Gasteiger partial charge in [-0.25, -0.2) is 14.4 Å². The van der Waals surface area contributed by atoms with E-state index in [1.807, 2.05) is 174 Å². The molecule has 0 saturated carbocycles. The third-order valence-corrected chi connectivity index (χ3v) is 16.3. The Morgan fingerprint density at radius 3 is 1.10 bits per heavy atom. The number of benzene rings is 8. The lowest BCUT2D eigenvalue weighted by molar-refractivity contribution is 0.0516. The summed E-state index contributed by atoms with van der Waals surface area (Å²) in [4.78, 5) is 76.5. The quantitative estimate of drug-likeness (QED) is 0.0373. The number of aromatic nitrogens is 4. The summed E-state index contributed by atoms with van der Waals surface area (Å²) in [5.41, 5.74) is 18.7. The summed E-state index contributed by atoms with van der Waals surface area (Å²) in [6.45, 7) is 14.5. The molecule has 16 nitrogen and oxygen atoms in total. The molecule has 0 saturated heterocycles. The minimum absolute atomic E-state index is 0.137. The highest BCUT2D eigenvalue weighted by Gasteiger charge is 2.21. The Hall–Kier alpha value is -12.2. The molecule has 0 spiro atoms. The molecule has 0 aliphatic carbocycles. The molecule has 16 heteroatoms. The van der Waals surface area contributed by atoms with Crippen molar-refractivity contribution in [1.82, 2.24) is 25.3 Å². The second kappa shape index (κ2) is 36.0. The molecule has 8 aromatic carbocycles. The molecule has 0 radical (unpaired) electrons. The van der Waals surface area contributed by atoms with Gasteiger partial charge in [0.05, 0.1) is 47.0 Å². The Morgan fingerprint density at radius 2 is 0.755 bits per heavy atom. The van der Waals surface area contributed by atoms with Gasteiger partial charge in [0.25, 0.3) is 5.91 Å². The number of carbonyl (C=O) groups is 5. The molecule has 1 amide bonds. The molecule has 12 aromatic rings. The predicted octanol–water partition coefficient (Wildman–Crippen LogP) is 16.6. The number of carboxylic acids is 1. The number of aliphatic hydroxyl groups excluding tert-OH is 3. The maximum absolute atomic E-state index is 13.0. The number of carbonyl (C=O) groups excluding carboxylic acids is 4. The van der Waals surface area contributed by atoms with E-state index in [0.29, 0.717) is 75.8 Å². The molecule has 0 bridgehead atoms. The van der Waals surface area contributed by atoms with Crippen LogP contribution in [0.5, 0.6) is 0 Å². The van der Waals surface area contributed by atoms with Crippen LogP contribution >= 0.6 is 0 Å². The number of esters is 2. The number of aryl methyl sites for hydroxylation is 5. The van der Waals surface area contributed by atoms with Crippen LogP contribution in [0.25, 0.3) is 44.5 Å². The predicted molar refractivity (Wildman–Crippen MR) is 396 cm³/mol. The minimum atomic E-state index is -1.03. The lowest BCUT2D eigenvalue weighted by Crippen LogP contribution is -2.23. The van der Waals surface area contributed by atoms with Crippen molar-refractivity contribution in [3.05, 3.63) is 356 Å². The Kier molecular flexibility index (Phi) is 26.2. The largest absolute Gasteiger partial charge is 0.478 e. The SMILES string of the molecule is CCOC(=O)c1cc(-c2ccc(C)cc2)cc(C(O)c2ccccn2)c1.CCOC(=O)c1cc(C=O)cc(-c2ccc(C)cc2)c1.Cc1ccc(-c2cc(C(=O)NCc3ccc(C)nc3)cc(C(O)c3ccccn3)c2)cc1.Cc1ccc(-c2cc(C(=O)O)cc(C(O)c3ccccn3)c2)cc1. The van der Waals surface area contributed by atoms with Crippen LogP contribution in [0.4, 0.5) is 0 Å². The summed E-state index contributed by atoms with van der Waals surface area (Å²) in [5.74, 6) is -2.06. The zero-order valence-electron chi connectivity index (χ0n) is 57.7. The van der Waals surface area contributed by atoms with Gasteiger partial charge in [0, 0.05) is 48.2 Å². The van der Waals surface area contributed by atoms with Crippen LogP contribution in [0, 0.1) is 34.6 Å². The molecule has 12 rings (SSSR count). The number of amides is 1. The number of aldehydes is 1. The zero-order valence-corrected chi connectivity index (χ0v) is 57.7. The summed E-state index contributed by atoms with van der Waals surface area (Å²) in [6.07, 6.45) is 4.54. The van der Waals surface area contributed by atoms with Gasteiger partial charge in [-0.1, -0.05) is 144 Å². The number of hydrogen-bond acceptors (Lipinski definition) is 14. The summed E-state index contributed by atoms with van der Waals surface area (Å²) < 4.78 is 10.1. The molecule has 0 fully saturated rings. The molecule has 4 aromatic heterocycles. The molecule has 0 aliphatic heterocycles. The molecular formula is C86H79N5O11. The number of aromatic carboxylic acids is 1. The standard InChI is InChI=1S/C27H25N3O2.C22H21NO3.C20H17NO3.C17H16O3/c1-18-6-10-21(11-7-18)22-13-23(26(31)25-5-3-4-12-28-25)15-24(14-22)27(32)30-17-20-9-8-19(2)29-16-20;1-3-26-22(25)19-13-17(16-9-7-15(2)8-10-16)12-18(14-19)21(24)20-6-4-5-11-23-20;1-13-5-7-14(8-6-13)15-10-16(12-17(11-15)20(23)24)19(22)18-4-2-3-9-21-18;1-3-20-17(19)16-9-13(11-18)8-15(10-16)14-6-4-12(2)5-7-14/h3-16,26,31H,17H2,1-2H3,(H,30,32);4-14,21,24H,3H2,1-2H3;2-12,19,22H,1H3,(H,23,24);4-11H,3H2,1-2H3. The van der Waals surface area contributed by atoms with Gasteiger partial charge in [0.15, 0.2) is 0 Å². The monoisotopic (exact) mass is 1360 g/mol. The molecule has 3 atom stereocenters. The maximum atomic E-state index is 13.0. The van der Waals surface area contributed by atoms with Crippen LogP contribution in [-0.4, -0.2) is 83.7 Å². The van der Waals surface area contributed by atoms with Crippen molar-refractivity contribution in [3.63, 3.8) is 0 Å². The van der Waals surface area contributed by atoms with Gasteiger partial charge in [-0.05, 0) is 230 Å². The first kappa shape index (κ1) is 74.0. The number of carboxylic acid groups (broad SMARTS) is 1. The molecule has 102 heavy (non-hydrogen) atoms. The van der Waals surface area contributed by atoms with Gasteiger partial charge in [-0.3, -0.25) is 29.5 Å². The Bertz CT molecular complexity index is 4790. The van der Waals surface area contributed by atoms with Crippen LogP contribution in [-0.2, 0) is 16.0 Å². The first-order chi connectivity index (χ1) is 49.2. The zero-order chi connectivity index (χ0) is 72.7. The highest BCUT2D eigenvalue weighted by molar-refractivity contribution is 5.96. The molecule has 0 aliphatic rings. The van der Waals surface area contributed by atoms with E-state index in [-0.39, 0.29) is 11.5 Å². The lowest BCUT2D eigenvalue weighted by Gasteiger charge is -2.15. The van der Waals surface area contributed by atoms with Gasteiger partial charge < -0.3 is 35.2 Å². The third kappa shape index (κ3) is 20.7. The van der Waals surface area contributed by atoms with E-state index in [1.54, 1.807) is 130 Å². The van der Waals surface area contributed by atoms with E-state index in [9.17, 15) is 44.4 Å². The summed E-state index contributed by atoms with van der Waals surface area (Å²) in [7, 11) is 0. The number of ether oxygens (including phenoxy) is 2. The van der Waals surface area contributed by atoms with E-state index in [1.165, 1.54) is 6.07 Å². The van der Waals surface area contributed by atoms with Crippen LogP contribution in [0.1, 0.15) is 151 Å². The molecule has 3 unspecified atom stereocenters. The first-order valence-electron chi connectivity index (χ1n) is 33.1. The minimum Gasteiger partial charge on any atom is -0.478 e. The molecule has 5 N–H and O–H groups in total. The average molecular weight is 1360 g/mol. The van der Waals surface area contributed by atoms with Crippen molar-refractivity contribution in [3.8, 4) is 44.5 Å². The van der Waals surface area contributed by atoms with Gasteiger partial charge in [0.2, 0.25) is 0 Å². The van der Waals surface area contributed by atoms with Gasteiger partial charge in [0.1, 0.15) is 24.6 Å². The fourth-order valence-corrected chi connectivity index (χ4v) is 10.7. The average Bonchev–Trinajstić information content (AvgIpc) is 0.824. The summed E-state index contributed by atoms with van der Waals surface area (Å²) in [6, 6.07) is 72.5. The van der Waals surface area contributed by atoms with Crippen LogP contribution in [0.2, 0.25) is 0 Å². The normalized spacial score (nSPS) is 11.5. The number of rotatable bonds is 19. The molecular weight excluding hydrogens is 1280 g/mol. The third-order valence-electron chi connectivity index (χ3n) is 16.3. The van der Waals surface area contributed by atoms with E-state index in [4.69, 9.17) is 9.47 Å². The van der Waals surface area contributed by atoms with E-state index < -0.39 is 36.2 Å². The van der Waals surface area contributed by atoms with Crippen molar-refractivity contribution < 1.29 is 53.9 Å². The van der Waals surface area contributed by atoms with Crippen molar-refractivity contribution in [2.24, 2.45) is 0 Å². The lowest BCUT2D eigenvalue weighted by atomic mass is 9.95. The number of nitrogens with one attached hydrogen (secondary N) is 1. The highest BCUT2D eigenvalue weighted by Crippen LogP contribution is 2.33. The van der Waals surface area contributed by atoms with E-state index >= 15 is 0 Å². The summed E-state index contributed by atoms with van der Waals surface area (Å²) in [5, 5.41) is 44.6. The van der Waals surface area contributed by atoms with E-state index in [2.05, 4.69) is 25.3 Å². The van der Waals surface area contributed by atoms with Crippen molar-refractivity contribution in [2.75, 3.05) is 13.2 Å². The smallest absolute Gasteiger partial charge is 0.338 e. The fourth-order valence-electron chi connectivity index (χ4n) is 10.7. The van der Waals surface area contributed by atoms with Crippen molar-refractivity contribution >= 4 is 30.1 Å². The number of pyridine rings is 4. The van der Waals surface area contributed by atoms with Crippen molar-refractivity contribution in [2.45, 2.75) is 73.3 Å².